The van der Waals surface area contributed by atoms with Crippen LogP contribution in [0.15, 0.2) is 82.4 Å². The molecule has 7 heteroatoms. The lowest BCUT2D eigenvalue weighted by molar-refractivity contribution is -0.00800. The molecule has 3 aromatic carbocycles. The first-order valence-electron chi connectivity index (χ1n) is 10.1. The molecule has 0 saturated heterocycles. The van der Waals surface area contributed by atoms with Crippen molar-refractivity contribution in [2.24, 2.45) is 10.9 Å². The van der Waals surface area contributed by atoms with Gasteiger partial charge in [-0.2, -0.15) is 0 Å². The lowest BCUT2D eigenvalue weighted by Crippen LogP contribution is -2.12. The molecule has 0 amide bonds. The molecule has 0 fully saturated rings. The predicted molar refractivity (Wildman–Crippen MR) is 123 cm³/mol. The fraction of sp³-hybridized carbons (Fsp3) is 0.160. The van der Waals surface area contributed by atoms with Gasteiger partial charge in [-0.1, -0.05) is 47.6 Å². The molecule has 0 atom stereocenters. The molecule has 1 aromatic heterocycles. The van der Waals surface area contributed by atoms with Gasteiger partial charge in [0.05, 0.1) is 18.8 Å². The summed E-state index contributed by atoms with van der Waals surface area (Å²) in [6.45, 7) is 0.997. The van der Waals surface area contributed by atoms with Gasteiger partial charge in [0.25, 0.3) is 0 Å². The van der Waals surface area contributed by atoms with E-state index in [0.717, 1.165) is 22.1 Å². The molecule has 1 heterocycles. The zero-order valence-electron chi connectivity index (χ0n) is 17.7. The van der Waals surface area contributed by atoms with Gasteiger partial charge in [-0.15, -0.1) is 0 Å². The Morgan fingerprint density at radius 3 is 2.56 bits per heavy atom. The summed E-state index contributed by atoms with van der Waals surface area (Å²) in [4.78, 5) is 0. The number of hydrogen-bond acceptors (Lipinski definition) is 6. The van der Waals surface area contributed by atoms with Crippen molar-refractivity contribution in [3.05, 3.63) is 78.4 Å². The van der Waals surface area contributed by atoms with Crippen molar-refractivity contribution in [2.45, 2.75) is 0 Å². The van der Waals surface area contributed by atoms with Gasteiger partial charge in [0, 0.05) is 23.6 Å². The number of hydrogen-bond donors (Lipinski definition) is 2. The van der Waals surface area contributed by atoms with E-state index in [1.165, 1.54) is 0 Å². The van der Waals surface area contributed by atoms with E-state index in [2.05, 4.69) is 5.16 Å². The van der Waals surface area contributed by atoms with E-state index in [-0.39, 0.29) is 12.6 Å². The molecule has 0 spiro atoms. The standard InChI is InChI=1S/C25H24N2O5/c1-29-12-13-30-16-31-24-20(17-6-3-2-4-7-17)8-5-9-21(24)23-15-19-14-18(25(26)27-28)10-11-22(19)32-23/h2-11,14-15,28H,12-13,16H2,1H3,(H2,26,27). The molecular weight excluding hydrogens is 408 g/mol. The molecule has 32 heavy (non-hydrogen) atoms. The van der Waals surface area contributed by atoms with Crippen LogP contribution >= 0.6 is 0 Å². The van der Waals surface area contributed by atoms with Crippen LogP contribution in [0.2, 0.25) is 0 Å². The van der Waals surface area contributed by atoms with Gasteiger partial charge in [0.15, 0.2) is 12.6 Å². The molecule has 0 aliphatic heterocycles. The van der Waals surface area contributed by atoms with Crippen LogP contribution in [-0.4, -0.2) is 38.2 Å². The van der Waals surface area contributed by atoms with E-state index in [9.17, 15) is 0 Å². The monoisotopic (exact) mass is 432 g/mol. The highest BCUT2D eigenvalue weighted by Gasteiger charge is 2.17. The maximum atomic E-state index is 8.96. The van der Waals surface area contributed by atoms with E-state index < -0.39 is 0 Å². The molecule has 164 valence electrons. The summed E-state index contributed by atoms with van der Waals surface area (Å²) in [5, 5.41) is 12.9. The van der Waals surface area contributed by atoms with Gasteiger partial charge in [-0.3, -0.25) is 0 Å². The molecule has 0 aliphatic carbocycles. The zero-order chi connectivity index (χ0) is 22.3. The number of para-hydroxylation sites is 1. The number of methoxy groups -OCH3 is 1. The second-order valence-corrected chi connectivity index (χ2v) is 7.06. The largest absolute Gasteiger partial charge is 0.466 e. The number of furan rings is 1. The van der Waals surface area contributed by atoms with Crippen molar-refractivity contribution in [3.63, 3.8) is 0 Å². The van der Waals surface area contributed by atoms with Gasteiger partial charge in [-0.05, 0) is 35.9 Å². The maximum Gasteiger partial charge on any atom is 0.189 e. The lowest BCUT2D eigenvalue weighted by atomic mass is 10.00. The van der Waals surface area contributed by atoms with Gasteiger partial charge in [0.1, 0.15) is 17.1 Å². The highest BCUT2D eigenvalue weighted by molar-refractivity contribution is 6.00. The summed E-state index contributed by atoms with van der Waals surface area (Å²) in [5.41, 5.74) is 9.76. The number of rotatable bonds is 9. The molecule has 3 N–H and O–H groups in total. The Kier molecular flexibility index (Phi) is 6.69. The van der Waals surface area contributed by atoms with Crippen molar-refractivity contribution in [1.29, 1.82) is 0 Å². The van der Waals surface area contributed by atoms with Crippen LogP contribution in [0.5, 0.6) is 5.75 Å². The van der Waals surface area contributed by atoms with Crippen LogP contribution in [-0.2, 0) is 9.47 Å². The minimum absolute atomic E-state index is 0.0398. The average Bonchev–Trinajstić information content (AvgIpc) is 3.27. The topological polar surface area (TPSA) is 99.4 Å². The van der Waals surface area contributed by atoms with Gasteiger partial charge in [-0.25, -0.2) is 0 Å². The molecular formula is C25H24N2O5. The minimum atomic E-state index is 0.0398. The summed E-state index contributed by atoms with van der Waals surface area (Å²) < 4.78 is 22.8. The summed E-state index contributed by atoms with van der Waals surface area (Å²) in [6.07, 6.45) is 0. The van der Waals surface area contributed by atoms with Crippen molar-refractivity contribution >= 4 is 16.8 Å². The first-order chi connectivity index (χ1) is 15.7. The van der Waals surface area contributed by atoms with Crippen LogP contribution in [0, 0.1) is 0 Å². The minimum Gasteiger partial charge on any atom is -0.466 e. The average molecular weight is 432 g/mol. The Balaban J connectivity index is 1.75. The normalized spacial score (nSPS) is 11.7. The van der Waals surface area contributed by atoms with Crippen molar-refractivity contribution in [2.75, 3.05) is 27.1 Å². The highest BCUT2D eigenvalue weighted by Crippen LogP contribution is 2.41. The third-order valence-corrected chi connectivity index (χ3v) is 5.00. The Bertz CT molecular complexity index is 1220. The highest BCUT2D eigenvalue weighted by atomic mass is 16.7. The molecule has 0 saturated carbocycles. The van der Waals surface area contributed by atoms with Crippen molar-refractivity contribution in [1.82, 2.24) is 0 Å². The van der Waals surface area contributed by atoms with Gasteiger partial charge >= 0.3 is 0 Å². The van der Waals surface area contributed by atoms with E-state index in [1.807, 2.05) is 60.7 Å². The fourth-order valence-electron chi connectivity index (χ4n) is 3.43. The maximum absolute atomic E-state index is 8.96. The third kappa shape index (κ3) is 4.59. The van der Waals surface area contributed by atoms with Crippen LogP contribution < -0.4 is 10.5 Å². The van der Waals surface area contributed by atoms with E-state index in [0.29, 0.717) is 35.9 Å². The molecule has 4 aromatic rings. The van der Waals surface area contributed by atoms with Crippen LogP contribution in [0.1, 0.15) is 5.56 Å². The first kappa shape index (κ1) is 21.4. The van der Waals surface area contributed by atoms with Crippen LogP contribution in [0.3, 0.4) is 0 Å². The van der Waals surface area contributed by atoms with E-state index in [1.54, 1.807) is 19.2 Å². The first-order valence-corrected chi connectivity index (χ1v) is 10.1. The van der Waals surface area contributed by atoms with Gasteiger partial charge in [0.2, 0.25) is 0 Å². The predicted octanol–water partition coefficient (Wildman–Crippen LogP) is 4.86. The summed E-state index contributed by atoms with van der Waals surface area (Å²) in [7, 11) is 1.63. The Morgan fingerprint density at radius 2 is 1.78 bits per heavy atom. The number of nitrogens with two attached hydrogens (primary N) is 1. The fourth-order valence-corrected chi connectivity index (χ4v) is 3.43. The second kappa shape index (κ2) is 10.00. The Hall–Kier alpha value is -3.81. The van der Waals surface area contributed by atoms with E-state index in [4.69, 9.17) is 29.6 Å². The number of benzene rings is 3. The second-order valence-electron chi connectivity index (χ2n) is 7.06. The Labute approximate surface area is 185 Å². The number of ether oxygens (including phenoxy) is 3. The Morgan fingerprint density at radius 1 is 0.969 bits per heavy atom. The summed E-state index contributed by atoms with van der Waals surface area (Å²) in [5.74, 6) is 1.34. The molecule has 7 nitrogen and oxygen atoms in total. The number of nitrogens with zero attached hydrogens (tertiary/aromatic N) is 1. The molecule has 4 rings (SSSR count). The van der Waals surface area contributed by atoms with Crippen molar-refractivity contribution in [3.8, 4) is 28.2 Å². The summed E-state index contributed by atoms with van der Waals surface area (Å²) in [6, 6.07) is 23.2. The smallest absolute Gasteiger partial charge is 0.189 e. The lowest BCUT2D eigenvalue weighted by Gasteiger charge is -2.15. The van der Waals surface area contributed by atoms with Gasteiger partial charge < -0.3 is 29.6 Å². The number of oxime groups is 1. The molecule has 0 bridgehead atoms. The molecule has 0 unspecified atom stereocenters. The number of amidine groups is 1. The number of fused-ring (bicyclic) bond motifs is 1. The zero-order valence-corrected chi connectivity index (χ0v) is 17.7. The molecule has 0 aliphatic rings. The van der Waals surface area contributed by atoms with Crippen molar-refractivity contribution < 1.29 is 23.8 Å². The third-order valence-electron chi connectivity index (χ3n) is 5.00. The van der Waals surface area contributed by atoms with Crippen LogP contribution in [0.25, 0.3) is 33.4 Å². The molecule has 0 radical (unpaired) electrons. The SMILES string of the molecule is COCCOCOc1c(-c2ccccc2)cccc1-c1cc2cc(/C(N)=N\O)ccc2o1. The quantitative estimate of drug-likeness (QED) is 0.0978. The summed E-state index contributed by atoms with van der Waals surface area (Å²) >= 11 is 0. The van der Waals surface area contributed by atoms with E-state index >= 15 is 0 Å². The van der Waals surface area contributed by atoms with Crippen LogP contribution in [0.4, 0.5) is 0 Å².